The van der Waals surface area contributed by atoms with Crippen LogP contribution in [0.1, 0.15) is 29.6 Å². The van der Waals surface area contributed by atoms with Crippen LogP contribution in [0.3, 0.4) is 0 Å². The first-order chi connectivity index (χ1) is 7.24. The molecule has 0 unspecified atom stereocenters. The maximum absolute atomic E-state index is 11.6. The van der Waals surface area contributed by atoms with Gasteiger partial charge < -0.3 is 5.32 Å². The molecule has 0 bridgehead atoms. The van der Waals surface area contributed by atoms with Crippen molar-refractivity contribution in [2.24, 2.45) is 0 Å². The minimum Gasteiger partial charge on any atom is -0.352 e. The van der Waals surface area contributed by atoms with Gasteiger partial charge in [0.25, 0.3) is 5.91 Å². The summed E-state index contributed by atoms with van der Waals surface area (Å²) in [5, 5.41) is 4.78. The lowest BCUT2D eigenvalue weighted by Gasteiger charge is -2.02. The highest BCUT2D eigenvalue weighted by atomic mass is 127. The number of alkyl halides is 1. The standard InChI is InChI=1S/C10H13BrINOS/c11-9-6-8(7-15-9)10(14)13-5-3-1-2-4-12/h6-7H,1-5H2,(H,13,14). The van der Waals surface area contributed by atoms with E-state index < -0.39 is 0 Å². The number of hydrogen-bond acceptors (Lipinski definition) is 2. The molecule has 0 atom stereocenters. The topological polar surface area (TPSA) is 29.1 Å². The van der Waals surface area contributed by atoms with E-state index >= 15 is 0 Å². The van der Waals surface area contributed by atoms with Crippen LogP contribution in [0.5, 0.6) is 0 Å². The Hall–Kier alpha value is 0.380. The fraction of sp³-hybridized carbons (Fsp3) is 0.500. The fourth-order valence-electron chi connectivity index (χ4n) is 1.13. The second-order valence-corrected chi connectivity index (χ2v) is 6.51. The minimum absolute atomic E-state index is 0.0337. The molecule has 0 aliphatic carbocycles. The predicted molar refractivity (Wildman–Crippen MR) is 77.1 cm³/mol. The molecule has 0 fully saturated rings. The fourth-order valence-corrected chi connectivity index (χ4v) is 2.81. The maximum atomic E-state index is 11.6. The molecule has 1 N–H and O–H groups in total. The lowest BCUT2D eigenvalue weighted by atomic mass is 10.2. The monoisotopic (exact) mass is 401 g/mol. The van der Waals surface area contributed by atoms with Gasteiger partial charge in [-0.05, 0) is 39.3 Å². The van der Waals surface area contributed by atoms with Gasteiger partial charge in [-0.15, -0.1) is 11.3 Å². The highest BCUT2D eigenvalue weighted by Gasteiger charge is 2.06. The van der Waals surface area contributed by atoms with Gasteiger partial charge in [0.05, 0.1) is 9.35 Å². The van der Waals surface area contributed by atoms with Gasteiger partial charge in [0.15, 0.2) is 0 Å². The van der Waals surface area contributed by atoms with E-state index in [1.54, 1.807) is 0 Å². The summed E-state index contributed by atoms with van der Waals surface area (Å²) in [6.45, 7) is 0.781. The molecule has 0 saturated carbocycles. The van der Waals surface area contributed by atoms with Gasteiger partial charge in [0.1, 0.15) is 0 Å². The van der Waals surface area contributed by atoms with Gasteiger partial charge in [-0.3, -0.25) is 4.79 Å². The SMILES string of the molecule is O=C(NCCCCCI)c1csc(Br)c1. The molecule has 0 spiro atoms. The number of thiophene rings is 1. The largest absolute Gasteiger partial charge is 0.352 e. The van der Waals surface area contributed by atoms with Crippen molar-refractivity contribution in [1.29, 1.82) is 0 Å². The summed E-state index contributed by atoms with van der Waals surface area (Å²) in [7, 11) is 0. The van der Waals surface area contributed by atoms with E-state index in [2.05, 4.69) is 43.8 Å². The van der Waals surface area contributed by atoms with Crippen LogP contribution in [0.25, 0.3) is 0 Å². The molecule has 1 aromatic rings. The number of nitrogens with one attached hydrogen (secondary N) is 1. The molecule has 1 aromatic heterocycles. The molecule has 1 amide bonds. The third kappa shape index (κ3) is 5.31. The molecule has 2 nitrogen and oxygen atoms in total. The van der Waals surface area contributed by atoms with Crippen LogP contribution in [0.2, 0.25) is 0 Å². The highest BCUT2D eigenvalue weighted by molar-refractivity contribution is 14.1. The Bertz CT molecular complexity index is 316. The smallest absolute Gasteiger partial charge is 0.252 e. The van der Waals surface area contributed by atoms with Gasteiger partial charge in [-0.25, -0.2) is 0 Å². The lowest BCUT2D eigenvalue weighted by molar-refractivity contribution is 0.0953. The van der Waals surface area contributed by atoms with E-state index in [0.717, 1.165) is 22.3 Å². The van der Waals surface area contributed by atoms with E-state index in [9.17, 15) is 4.79 Å². The van der Waals surface area contributed by atoms with E-state index in [1.165, 1.54) is 28.6 Å². The van der Waals surface area contributed by atoms with Crippen LogP contribution < -0.4 is 5.32 Å². The Morgan fingerprint density at radius 2 is 2.27 bits per heavy atom. The van der Waals surface area contributed by atoms with Crippen molar-refractivity contribution in [3.05, 3.63) is 20.8 Å². The first-order valence-electron chi connectivity index (χ1n) is 4.82. The molecular weight excluding hydrogens is 389 g/mol. The molecule has 84 valence electrons. The summed E-state index contributed by atoms with van der Waals surface area (Å²) < 4.78 is 2.20. The molecule has 5 heteroatoms. The molecule has 1 heterocycles. The summed E-state index contributed by atoms with van der Waals surface area (Å²) in [5.41, 5.74) is 0.751. The van der Waals surface area contributed by atoms with Gasteiger partial charge in [-0.1, -0.05) is 29.0 Å². The average Bonchev–Trinajstić information content (AvgIpc) is 2.64. The zero-order valence-corrected chi connectivity index (χ0v) is 12.8. The Morgan fingerprint density at radius 3 is 2.87 bits per heavy atom. The summed E-state index contributed by atoms with van der Waals surface area (Å²) >= 11 is 7.25. The summed E-state index contributed by atoms with van der Waals surface area (Å²) in [6.07, 6.45) is 3.50. The van der Waals surface area contributed by atoms with Crippen LogP contribution in [-0.4, -0.2) is 16.9 Å². The third-order valence-corrected chi connectivity index (χ3v) is 4.19. The number of amides is 1. The van der Waals surface area contributed by atoms with Crippen molar-refractivity contribution < 1.29 is 4.79 Å². The van der Waals surface area contributed by atoms with Gasteiger partial charge in [0, 0.05) is 11.9 Å². The van der Waals surface area contributed by atoms with Gasteiger partial charge in [0.2, 0.25) is 0 Å². The molecule has 0 radical (unpaired) electrons. The quantitative estimate of drug-likeness (QED) is 0.438. The molecular formula is C10H13BrINOS. The molecule has 0 aliphatic rings. The Kier molecular flexibility index (Phi) is 6.83. The molecule has 15 heavy (non-hydrogen) atoms. The minimum atomic E-state index is 0.0337. The number of carbonyl (C=O) groups is 1. The van der Waals surface area contributed by atoms with Crippen molar-refractivity contribution in [2.45, 2.75) is 19.3 Å². The van der Waals surface area contributed by atoms with Gasteiger partial charge in [-0.2, -0.15) is 0 Å². The summed E-state index contributed by atoms with van der Waals surface area (Å²) in [4.78, 5) is 11.6. The van der Waals surface area contributed by atoms with Crippen molar-refractivity contribution >= 4 is 55.8 Å². The number of halogens is 2. The Labute approximate surface area is 116 Å². The zero-order chi connectivity index (χ0) is 11.1. The molecule has 0 aromatic carbocycles. The van der Waals surface area contributed by atoms with Crippen molar-refractivity contribution in [3.63, 3.8) is 0 Å². The average molecular weight is 402 g/mol. The first-order valence-corrected chi connectivity index (χ1v) is 8.02. The molecule has 1 rings (SSSR count). The lowest BCUT2D eigenvalue weighted by Crippen LogP contribution is -2.23. The van der Waals surface area contributed by atoms with Crippen molar-refractivity contribution in [1.82, 2.24) is 5.32 Å². The maximum Gasteiger partial charge on any atom is 0.252 e. The van der Waals surface area contributed by atoms with Crippen LogP contribution in [-0.2, 0) is 0 Å². The number of hydrogen-bond donors (Lipinski definition) is 1. The van der Waals surface area contributed by atoms with Crippen LogP contribution in [0, 0.1) is 0 Å². The van der Waals surface area contributed by atoms with E-state index in [1.807, 2.05) is 11.4 Å². The second kappa shape index (κ2) is 7.62. The van der Waals surface area contributed by atoms with Crippen LogP contribution in [0.4, 0.5) is 0 Å². The third-order valence-electron chi connectivity index (χ3n) is 1.93. The van der Waals surface area contributed by atoms with E-state index in [0.29, 0.717) is 0 Å². The highest BCUT2D eigenvalue weighted by Crippen LogP contribution is 2.20. The van der Waals surface area contributed by atoms with Crippen LogP contribution >= 0.6 is 49.9 Å². The van der Waals surface area contributed by atoms with Crippen molar-refractivity contribution in [3.8, 4) is 0 Å². The number of unbranched alkanes of at least 4 members (excludes halogenated alkanes) is 2. The Morgan fingerprint density at radius 1 is 1.47 bits per heavy atom. The van der Waals surface area contributed by atoms with E-state index in [4.69, 9.17) is 0 Å². The first kappa shape index (κ1) is 13.4. The summed E-state index contributed by atoms with van der Waals surface area (Å²) in [5.74, 6) is 0.0337. The normalized spacial score (nSPS) is 10.3. The van der Waals surface area contributed by atoms with Gasteiger partial charge >= 0.3 is 0 Å². The zero-order valence-electron chi connectivity index (χ0n) is 8.26. The summed E-state index contributed by atoms with van der Waals surface area (Å²) in [6, 6.07) is 1.85. The second-order valence-electron chi connectivity index (χ2n) is 3.15. The molecule has 0 aliphatic heterocycles. The Balaban J connectivity index is 2.19. The number of carbonyl (C=O) groups excluding carboxylic acids is 1. The van der Waals surface area contributed by atoms with Crippen LogP contribution in [0.15, 0.2) is 15.2 Å². The number of rotatable bonds is 6. The van der Waals surface area contributed by atoms with E-state index in [-0.39, 0.29) is 5.91 Å². The van der Waals surface area contributed by atoms with Crippen molar-refractivity contribution in [2.75, 3.05) is 11.0 Å². The predicted octanol–water partition coefficient (Wildman–Crippen LogP) is 3.85. The molecule has 0 saturated heterocycles.